The number of H-pyrrole nitrogens is 2. The number of hydrogen-bond acceptors (Lipinski definition) is 6. The van der Waals surface area contributed by atoms with Crippen LogP contribution in [0.1, 0.15) is 474 Å². The first-order valence-electron chi connectivity index (χ1n) is 43.5. The Morgan fingerprint density at radius 3 is 0.745 bits per heavy atom. The number of pyridine rings is 2. The molecule has 0 fully saturated rings. The zero-order chi connectivity index (χ0) is 85.4. The molecule has 4 aromatic heterocycles. The van der Waals surface area contributed by atoms with Gasteiger partial charge in [-0.05, 0) is 208 Å². The third kappa shape index (κ3) is 33.9. The first-order chi connectivity index (χ1) is 52.3. The van der Waals surface area contributed by atoms with Gasteiger partial charge in [-0.25, -0.2) is 0 Å². The van der Waals surface area contributed by atoms with Gasteiger partial charge in [0.1, 0.15) is 0 Å². The Bertz CT molecular complexity index is 3510. The predicted octanol–water partition coefficient (Wildman–Crippen LogP) is 33.1. The molecule has 0 bridgehead atoms. The fourth-order valence-electron chi connectivity index (χ4n) is 13.2. The maximum Gasteiger partial charge on any atom is 0.0653 e. The van der Waals surface area contributed by atoms with Crippen molar-refractivity contribution in [1.82, 2.24) is 30.4 Å². The van der Waals surface area contributed by atoms with Gasteiger partial charge in [-0.15, -0.1) is 0 Å². The summed E-state index contributed by atoms with van der Waals surface area (Å²) in [5.41, 5.74) is 27.7. The zero-order valence-electron chi connectivity index (χ0n) is 78.9. The van der Waals surface area contributed by atoms with E-state index in [1.807, 2.05) is 146 Å². The van der Waals surface area contributed by atoms with Gasteiger partial charge in [0, 0.05) is 47.0 Å². The second kappa shape index (κ2) is 58.5. The summed E-state index contributed by atoms with van der Waals surface area (Å²) >= 11 is 0. The lowest BCUT2D eigenvalue weighted by molar-refractivity contribution is 0.757. The maximum absolute atomic E-state index is 4.40. The molecule has 2 aliphatic heterocycles. The number of nitrogens with zero attached hydrogens (tertiary/aromatic N) is 6. The number of benzene rings is 5. The van der Waals surface area contributed by atoms with Gasteiger partial charge in [-0.1, -0.05) is 351 Å². The van der Waals surface area contributed by atoms with Gasteiger partial charge >= 0.3 is 0 Å². The van der Waals surface area contributed by atoms with Crippen molar-refractivity contribution in [3.05, 3.63) is 222 Å². The molecule has 8 heteroatoms. The van der Waals surface area contributed by atoms with Crippen LogP contribution in [0, 0.1) is 0 Å². The van der Waals surface area contributed by atoms with Crippen LogP contribution in [0.5, 0.6) is 0 Å². The van der Waals surface area contributed by atoms with Crippen molar-refractivity contribution in [3.63, 3.8) is 0 Å². The first-order valence-corrected chi connectivity index (χ1v) is 43.5. The molecule has 5 aromatic carbocycles. The average molecular weight is 1510 g/mol. The summed E-state index contributed by atoms with van der Waals surface area (Å²) in [7, 11) is 0. The van der Waals surface area contributed by atoms with Crippen LogP contribution < -0.4 is 0 Å². The molecule has 2 N–H and O–H groups in total. The Labute approximate surface area is 679 Å². The molecule has 8 nitrogen and oxygen atoms in total. The minimum absolute atomic E-state index is 0.531. The molecule has 0 amide bonds. The Hall–Kier alpha value is -7.32. The van der Waals surface area contributed by atoms with Crippen LogP contribution in [0.2, 0.25) is 0 Å². The summed E-state index contributed by atoms with van der Waals surface area (Å²) in [5, 5.41) is 16.9. The van der Waals surface area contributed by atoms with Crippen LogP contribution in [0.25, 0.3) is 21.8 Å². The van der Waals surface area contributed by atoms with Gasteiger partial charge in [0.15, 0.2) is 0 Å². The molecule has 616 valence electrons. The number of aromatic amines is 2. The molecule has 0 unspecified atom stereocenters. The molecule has 0 spiro atoms. The third-order valence-corrected chi connectivity index (χ3v) is 18.3. The van der Waals surface area contributed by atoms with Gasteiger partial charge in [0.2, 0.25) is 0 Å². The largest absolute Gasteiger partial charge is 0.288 e. The molecule has 2 aliphatic rings. The Balaban J connectivity index is -0.00000118. The molecule has 110 heavy (non-hydrogen) atoms. The van der Waals surface area contributed by atoms with Crippen LogP contribution >= 0.6 is 0 Å². The number of aromatic nitrogens is 6. The van der Waals surface area contributed by atoms with Crippen molar-refractivity contribution in [2.45, 2.75) is 387 Å². The number of hydrogen-bond donors (Lipinski definition) is 2. The molecule has 11 rings (SSSR count). The summed E-state index contributed by atoms with van der Waals surface area (Å²) in [5.74, 6) is 8.15. The lowest BCUT2D eigenvalue weighted by atomic mass is 9.87. The normalized spacial score (nSPS) is 11.1. The summed E-state index contributed by atoms with van der Waals surface area (Å²) in [6.45, 7) is 92.4. The number of aliphatic imine (C=N–C) groups is 2. The topological polar surface area (TPSA) is 108 Å². The summed E-state index contributed by atoms with van der Waals surface area (Å²) in [6, 6.07) is 35.2. The monoisotopic (exact) mass is 1510 g/mol. The third-order valence-electron chi connectivity index (χ3n) is 18.3. The molecule has 0 atom stereocenters. The smallest absolute Gasteiger partial charge is 0.0653 e. The van der Waals surface area contributed by atoms with E-state index in [0.29, 0.717) is 82.9 Å². The van der Waals surface area contributed by atoms with Crippen molar-refractivity contribution in [1.29, 1.82) is 0 Å². The lowest BCUT2D eigenvalue weighted by Gasteiger charge is -2.17. The van der Waals surface area contributed by atoms with E-state index in [0.717, 1.165) is 24.1 Å². The Morgan fingerprint density at radius 2 is 0.509 bits per heavy atom. The van der Waals surface area contributed by atoms with Gasteiger partial charge < -0.3 is 0 Å². The molecule has 0 radical (unpaired) electrons. The van der Waals surface area contributed by atoms with Crippen LogP contribution in [0.3, 0.4) is 0 Å². The predicted molar refractivity (Wildman–Crippen MR) is 499 cm³/mol. The molecular weight excluding hydrogens is 1340 g/mol. The minimum Gasteiger partial charge on any atom is -0.288 e. The summed E-state index contributed by atoms with van der Waals surface area (Å²) in [6.07, 6.45) is 11.6. The number of rotatable bonds is 14. The Kier molecular flexibility index (Phi) is 56.9. The lowest BCUT2D eigenvalue weighted by Crippen LogP contribution is -2.01. The maximum atomic E-state index is 4.40. The van der Waals surface area contributed by atoms with E-state index in [1.54, 1.807) is 0 Å². The van der Waals surface area contributed by atoms with Gasteiger partial charge in [0.25, 0.3) is 0 Å². The SMILES string of the molecule is CC.CC.CC.CC.CC.CC.CC.CC(C)c1cc2c(cc1C(C)C)CN=C2.CC(C)c1cc2c(cc1C(C)C)CN=C2.CC(C)c1ccc2[nH]ncc2c1C(C)C.CC(C)c1ccc2[nH]ncc2c1C(C)C.CC(C)c1ccccc1C(C)C.CC(C)c1cccnc1C(C)C.CC(C)c1cccnc1C(C)C. The van der Waals surface area contributed by atoms with Crippen LogP contribution in [-0.2, 0) is 13.1 Å². The van der Waals surface area contributed by atoms with Crippen LogP contribution in [0.4, 0.5) is 0 Å². The van der Waals surface area contributed by atoms with Crippen molar-refractivity contribution in [3.8, 4) is 0 Å². The summed E-state index contributed by atoms with van der Waals surface area (Å²) in [4.78, 5) is 17.5. The van der Waals surface area contributed by atoms with E-state index in [4.69, 9.17) is 0 Å². The van der Waals surface area contributed by atoms with E-state index in [9.17, 15) is 0 Å². The molecular formula is C102H168N8. The fourth-order valence-corrected chi connectivity index (χ4v) is 13.2. The minimum atomic E-state index is 0.531. The molecule has 0 aliphatic carbocycles. The standard InChI is InChI=1S/2C14H19N.2C13H18N2.C12H18.2C11H17N.7C2H6/c2*1-9(2)13-5-11-7-15-8-12(11)6-14(13)10(3)4;2*1-8(2)10-5-6-12-11(7-14-15-12)13(10)9(3)4;1-9(2)11-7-5-6-8-12(11)10(3)4;2*1-8(2)10-6-5-7-12-11(10)9(3)4;7*1-2/h2*5-7,9-10H,8H2,1-4H3;2*5-9H,1-4H3,(H,14,15);5-10H,1-4H3;2*5-9H,1-4H3;7*1-2H3. The second-order valence-electron chi connectivity index (χ2n) is 30.8. The van der Waals surface area contributed by atoms with Crippen molar-refractivity contribution in [2.24, 2.45) is 9.98 Å². The van der Waals surface area contributed by atoms with E-state index in [-0.39, 0.29) is 0 Å². The molecule has 9 aromatic rings. The van der Waals surface area contributed by atoms with E-state index in [2.05, 4.69) is 319 Å². The fraction of sp³-hybridized carbons (Fsp3) is 0.569. The zero-order valence-corrected chi connectivity index (χ0v) is 78.9. The van der Waals surface area contributed by atoms with E-state index >= 15 is 0 Å². The second-order valence-corrected chi connectivity index (χ2v) is 30.8. The molecule has 6 heterocycles. The number of fused-ring (bicyclic) bond motifs is 4. The quantitative estimate of drug-likeness (QED) is 0.113. The highest BCUT2D eigenvalue weighted by atomic mass is 15.1. The highest BCUT2D eigenvalue weighted by Gasteiger charge is 2.20. The molecule has 0 saturated carbocycles. The number of nitrogens with one attached hydrogen (secondary N) is 2. The van der Waals surface area contributed by atoms with Crippen molar-refractivity contribution in [2.75, 3.05) is 0 Å². The Morgan fingerprint density at radius 1 is 0.255 bits per heavy atom. The first kappa shape index (κ1) is 107. The van der Waals surface area contributed by atoms with Gasteiger partial charge in [-0.2, -0.15) is 10.2 Å². The highest BCUT2D eigenvalue weighted by molar-refractivity contribution is 5.86. The van der Waals surface area contributed by atoms with Crippen molar-refractivity contribution < 1.29 is 0 Å². The van der Waals surface area contributed by atoms with E-state index < -0.39 is 0 Å². The molecule has 0 saturated heterocycles. The van der Waals surface area contributed by atoms with Gasteiger partial charge in [-0.3, -0.25) is 30.2 Å². The van der Waals surface area contributed by atoms with Crippen LogP contribution in [-0.4, -0.2) is 42.8 Å². The van der Waals surface area contributed by atoms with Crippen molar-refractivity contribution >= 4 is 34.2 Å². The average Bonchev–Trinajstić information content (AvgIpc) is 1.58. The highest BCUT2D eigenvalue weighted by Crippen LogP contribution is 2.36. The van der Waals surface area contributed by atoms with Crippen LogP contribution in [0.15, 0.2) is 132 Å². The van der Waals surface area contributed by atoms with Gasteiger partial charge in [0.05, 0.1) is 36.5 Å². The van der Waals surface area contributed by atoms with E-state index in [1.165, 1.54) is 111 Å². The summed E-state index contributed by atoms with van der Waals surface area (Å²) < 4.78 is 0.